The summed E-state index contributed by atoms with van der Waals surface area (Å²) in [6.45, 7) is 0.269. The van der Waals surface area contributed by atoms with E-state index in [1.54, 1.807) is 0 Å². The van der Waals surface area contributed by atoms with E-state index in [-0.39, 0.29) is 12.6 Å². The summed E-state index contributed by atoms with van der Waals surface area (Å²) in [5, 5.41) is 8.97. The Kier molecular flexibility index (Phi) is 2.62. The maximum Gasteiger partial charge on any atom is 0.164 e. The van der Waals surface area contributed by atoms with Crippen molar-refractivity contribution in [3.05, 3.63) is 29.6 Å². The summed E-state index contributed by atoms with van der Waals surface area (Å²) in [4.78, 5) is 0. The molecule has 5 N–H and O–H groups in total. The summed E-state index contributed by atoms with van der Waals surface area (Å²) >= 11 is 0. The van der Waals surface area contributed by atoms with E-state index in [9.17, 15) is 4.39 Å². The van der Waals surface area contributed by atoms with Crippen molar-refractivity contribution in [2.75, 3.05) is 6.54 Å². The lowest BCUT2D eigenvalue weighted by atomic mass is 10.1. The minimum atomic E-state index is -0.650. The molecule has 0 radical (unpaired) electrons. The van der Waals surface area contributed by atoms with Crippen LogP contribution in [0.5, 0.6) is 5.75 Å². The van der Waals surface area contributed by atoms with Crippen molar-refractivity contribution in [2.45, 2.75) is 6.04 Å². The standard InChI is InChI=1S/C8H11FN2O/c9-6-2-1-5(3-8(6)12)7(11)4-10/h1-3,7,12H,4,10-11H2/t7-/m0/s1. The van der Waals surface area contributed by atoms with E-state index in [4.69, 9.17) is 16.6 Å². The number of benzene rings is 1. The second-order valence-electron chi connectivity index (χ2n) is 2.55. The summed E-state index contributed by atoms with van der Waals surface area (Å²) in [7, 11) is 0. The van der Waals surface area contributed by atoms with E-state index in [1.807, 2.05) is 0 Å². The van der Waals surface area contributed by atoms with Crippen LogP contribution in [0, 0.1) is 5.82 Å². The fourth-order valence-corrected chi connectivity index (χ4v) is 0.896. The third-order valence-corrected chi connectivity index (χ3v) is 1.65. The summed E-state index contributed by atoms with van der Waals surface area (Å²) in [6.07, 6.45) is 0. The zero-order valence-corrected chi connectivity index (χ0v) is 6.50. The van der Waals surface area contributed by atoms with E-state index in [0.29, 0.717) is 5.56 Å². The lowest BCUT2D eigenvalue weighted by Gasteiger charge is -2.08. The first-order chi connectivity index (χ1) is 5.65. The fourth-order valence-electron chi connectivity index (χ4n) is 0.896. The zero-order valence-electron chi connectivity index (χ0n) is 6.50. The van der Waals surface area contributed by atoms with Gasteiger partial charge in [0.05, 0.1) is 0 Å². The van der Waals surface area contributed by atoms with E-state index < -0.39 is 11.6 Å². The number of aromatic hydroxyl groups is 1. The summed E-state index contributed by atoms with van der Waals surface area (Å²) in [5.41, 5.74) is 11.5. The molecular weight excluding hydrogens is 159 g/mol. The van der Waals surface area contributed by atoms with E-state index in [1.165, 1.54) is 18.2 Å². The fraction of sp³-hybridized carbons (Fsp3) is 0.250. The van der Waals surface area contributed by atoms with Gasteiger partial charge in [-0.05, 0) is 17.7 Å². The molecule has 3 nitrogen and oxygen atoms in total. The van der Waals surface area contributed by atoms with Crippen LogP contribution < -0.4 is 11.5 Å². The molecule has 0 bridgehead atoms. The van der Waals surface area contributed by atoms with Gasteiger partial charge in [0.1, 0.15) is 0 Å². The van der Waals surface area contributed by atoms with Crippen LogP contribution in [0.25, 0.3) is 0 Å². The van der Waals surface area contributed by atoms with E-state index in [2.05, 4.69) is 0 Å². The summed E-state index contributed by atoms with van der Waals surface area (Å²) < 4.78 is 12.5. The molecule has 12 heavy (non-hydrogen) atoms. The van der Waals surface area contributed by atoms with Gasteiger partial charge in [-0.2, -0.15) is 0 Å². The molecule has 0 saturated heterocycles. The van der Waals surface area contributed by atoms with Gasteiger partial charge in [-0.1, -0.05) is 6.07 Å². The highest BCUT2D eigenvalue weighted by molar-refractivity contribution is 5.30. The maximum absolute atomic E-state index is 12.5. The van der Waals surface area contributed by atoms with Crippen LogP contribution in [0.4, 0.5) is 4.39 Å². The molecule has 0 unspecified atom stereocenters. The Morgan fingerprint density at radius 3 is 2.67 bits per heavy atom. The van der Waals surface area contributed by atoms with Crippen molar-refractivity contribution in [3.8, 4) is 5.75 Å². The quantitative estimate of drug-likeness (QED) is 0.604. The Labute approximate surface area is 69.8 Å². The maximum atomic E-state index is 12.5. The highest BCUT2D eigenvalue weighted by Gasteiger charge is 2.06. The normalized spacial score (nSPS) is 12.9. The molecule has 0 aliphatic rings. The number of phenolic OH excluding ortho intramolecular Hbond substituents is 1. The van der Waals surface area contributed by atoms with E-state index in [0.717, 1.165) is 0 Å². The second-order valence-corrected chi connectivity index (χ2v) is 2.55. The smallest absolute Gasteiger partial charge is 0.164 e. The van der Waals surface area contributed by atoms with Crippen molar-refractivity contribution in [2.24, 2.45) is 11.5 Å². The second kappa shape index (κ2) is 3.51. The Morgan fingerprint density at radius 2 is 2.17 bits per heavy atom. The predicted molar refractivity (Wildman–Crippen MR) is 44.0 cm³/mol. The minimum absolute atomic E-state index is 0.269. The molecule has 0 aromatic heterocycles. The Morgan fingerprint density at radius 1 is 1.50 bits per heavy atom. The van der Waals surface area contributed by atoms with Crippen LogP contribution in [0.3, 0.4) is 0 Å². The molecule has 1 aromatic rings. The molecule has 0 aliphatic heterocycles. The molecule has 0 saturated carbocycles. The third-order valence-electron chi connectivity index (χ3n) is 1.65. The van der Waals surface area contributed by atoms with Gasteiger partial charge in [0, 0.05) is 12.6 Å². The van der Waals surface area contributed by atoms with Crippen LogP contribution in [0.2, 0.25) is 0 Å². The summed E-state index contributed by atoms with van der Waals surface area (Å²) in [5.74, 6) is -1.04. The minimum Gasteiger partial charge on any atom is -0.505 e. The zero-order chi connectivity index (χ0) is 9.14. The predicted octanol–water partition coefficient (Wildman–Crippen LogP) is 0.490. The van der Waals surface area contributed by atoms with Gasteiger partial charge < -0.3 is 16.6 Å². The highest BCUT2D eigenvalue weighted by Crippen LogP contribution is 2.19. The first kappa shape index (κ1) is 8.96. The van der Waals surface area contributed by atoms with Gasteiger partial charge >= 0.3 is 0 Å². The molecule has 0 spiro atoms. The van der Waals surface area contributed by atoms with Crippen LogP contribution >= 0.6 is 0 Å². The number of nitrogens with two attached hydrogens (primary N) is 2. The van der Waals surface area contributed by atoms with Crippen molar-refractivity contribution in [1.82, 2.24) is 0 Å². The number of halogens is 1. The van der Waals surface area contributed by atoms with Gasteiger partial charge in [-0.15, -0.1) is 0 Å². The average Bonchev–Trinajstić information content (AvgIpc) is 2.08. The molecule has 0 aliphatic carbocycles. The monoisotopic (exact) mass is 170 g/mol. The van der Waals surface area contributed by atoms with Crippen LogP contribution in [-0.4, -0.2) is 11.7 Å². The Hall–Kier alpha value is -1.13. The summed E-state index contributed by atoms with van der Waals surface area (Å²) in [6, 6.07) is 3.61. The van der Waals surface area contributed by atoms with Crippen molar-refractivity contribution in [3.63, 3.8) is 0 Å². The molecule has 1 atom stereocenters. The lowest BCUT2D eigenvalue weighted by Crippen LogP contribution is -2.20. The largest absolute Gasteiger partial charge is 0.505 e. The molecule has 0 amide bonds. The Balaban J connectivity index is 2.96. The Bertz CT molecular complexity index is 278. The lowest BCUT2D eigenvalue weighted by molar-refractivity contribution is 0.431. The van der Waals surface area contributed by atoms with Gasteiger partial charge in [-0.25, -0.2) is 4.39 Å². The third kappa shape index (κ3) is 1.72. The van der Waals surface area contributed by atoms with Gasteiger partial charge in [0.2, 0.25) is 0 Å². The molecular formula is C8H11FN2O. The van der Waals surface area contributed by atoms with Crippen molar-refractivity contribution >= 4 is 0 Å². The first-order valence-electron chi connectivity index (χ1n) is 3.59. The SMILES string of the molecule is NC[C@H](N)c1ccc(F)c(O)c1. The highest BCUT2D eigenvalue weighted by atomic mass is 19.1. The van der Waals surface area contributed by atoms with E-state index >= 15 is 0 Å². The van der Waals surface area contributed by atoms with Crippen LogP contribution in [-0.2, 0) is 0 Å². The average molecular weight is 170 g/mol. The van der Waals surface area contributed by atoms with Crippen molar-refractivity contribution in [1.29, 1.82) is 0 Å². The topological polar surface area (TPSA) is 72.3 Å². The van der Waals surface area contributed by atoms with Gasteiger partial charge in [0.15, 0.2) is 11.6 Å². The van der Waals surface area contributed by atoms with Crippen LogP contribution in [0.1, 0.15) is 11.6 Å². The molecule has 66 valence electrons. The van der Waals surface area contributed by atoms with Crippen molar-refractivity contribution < 1.29 is 9.50 Å². The molecule has 1 aromatic carbocycles. The molecule has 0 fully saturated rings. The molecule has 4 heteroatoms. The number of rotatable bonds is 2. The molecule has 0 heterocycles. The number of hydrogen-bond acceptors (Lipinski definition) is 3. The molecule has 1 rings (SSSR count). The first-order valence-corrected chi connectivity index (χ1v) is 3.59. The van der Waals surface area contributed by atoms with Gasteiger partial charge in [-0.3, -0.25) is 0 Å². The number of hydrogen-bond donors (Lipinski definition) is 3. The number of phenols is 1. The van der Waals surface area contributed by atoms with Gasteiger partial charge in [0.25, 0.3) is 0 Å². The van der Waals surface area contributed by atoms with Crippen LogP contribution in [0.15, 0.2) is 18.2 Å².